The maximum absolute atomic E-state index is 12.4. The van der Waals surface area contributed by atoms with E-state index in [2.05, 4.69) is 4.98 Å². The second-order valence-corrected chi connectivity index (χ2v) is 6.08. The molecule has 25 heavy (non-hydrogen) atoms. The molecule has 0 aliphatic rings. The van der Waals surface area contributed by atoms with E-state index in [1.165, 1.54) is 12.1 Å². The van der Waals surface area contributed by atoms with Crippen LogP contribution in [0.4, 0.5) is 18.9 Å². The average Bonchev–Trinajstić information content (AvgIpc) is 2.93. The Morgan fingerprint density at radius 3 is 2.60 bits per heavy atom. The number of benzene rings is 2. The Balaban J connectivity index is 2.05. The number of fused-ring (bicyclic) bond motifs is 1. The first-order chi connectivity index (χ1) is 11.6. The van der Waals surface area contributed by atoms with Gasteiger partial charge in [0, 0.05) is 10.7 Å². The number of hydrogen-bond donors (Lipinski definition) is 1. The highest BCUT2D eigenvalue weighted by Gasteiger charge is 2.38. The van der Waals surface area contributed by atoms with Crippen LogP contribution in [0.5, 0.6) is 0 Å². The van der Waals surface area contributed by atoms with Crippen LogP contribution in [0.3, 0.4) is 0 Å². The van der Waals surface area contributed by atoms with Crippen molar-refractivity contribution in [3.05, 3.63) is 45.9 Å². The number of hydrogen-bond acceptors (Lipinski definition) is 3. The molecule has 0 saturated carbocycles. The lowest BCUT2D eigenvalue weighted by atomic mass is 10.2. The number of alkyl halides is 3. The fraction of sp³-hybridized carbons (Fsp3) is 0.125. The summed E-state index contributed by atoms with van der Waals surface area (Å²) in [5.74, 6) is -1.89. The fourth-order valence-electron chi connectivity index (χ4n) is 2.25. The zero-order valence-corrected chi connectivity index (χ0v) is 14.1. The number of nitrogens with zero attached hydrogens (tertiary/aromatic N) is 1. The summed E-state index contributed by atoms with van der Waals surface area (Å²) in [7, 11) is 0. The molecule has 1 aromatic heterocycles. The van der Waals surface area contributed by atoms with Gasteiger partial charge in [0.25, 0.3) is 0 Å². The van der Waals surface area contributed by atoms with E-state index >= 15 is 0 Å². The molecule has 130 valence electrons. The zero-order valence-electron chi connectivity index (χ0n) is 12.5. The first-order valence-corrected chi connectivity index (χ1v) is 7.65. The van der Waals surface area contributed by atoms with E-state index in [9.17, 15) is 18.0 Å². The molecule has 0 bridgehead atoms. The summed E-state index contributed by atoms with van der Waals surface area (Å²) in [5, 5.41) is 2.58. The minimum absolute atomic E-state index is 0.0376. The van der Waals surface area contributed by atoms with Gasteiger partial charge in [-0.2, -0.15) is 13.2 Å². The summed E-state index contributed by atoms with van der Waals surface area (Å²) in [5.41, 5.74) is 1.57. The minimum Gasteiger partial charge on any atom is -0.436 e. The van der Waals surface area contributed by atoms with Crippen LogP contribution in [0.15, 0.2) is 34.7 Å². The first kappa shape index (κ1) is 17.6. The van der Waals surface area contributed by atoms with Gasteiger partial charge in [0.05, 0.1) is 10.6 Å². The van der Waals surface area contributed by atoms with E-state index in [4.69, 9.17) is 27.6 Å². The van der Waals surface area contributed by atoms with Gasteiger partial charge in [0.1, 0.15) is 5.52 Å². The van der Waals surface area contributed by atoms with Crippen LogP contribution < -0.4 is 5.32 Å². The number of halogens is 5. The highest BCUT2D eigenvalue weighted by Crippen LogP contribution is 2.34. The monoisotopic (exact) mass is 388 g/mol. The first-order valence-electron chi connectivity index (χ1n) is 6.90. The third-order valence-electron chi connectivity index (χ3n) is 3.35. The van der Waals surface area contributed by atoms with Crippen molar-refractivity contribution in [1.29, 1.82) is 0 Å². The van der Waals surface area contributed by atoms with Crippen molar-refractivity contribution >= 4 is 45.9 Å². The molecule has 1 amide bonds. The molecule has 0 unspecified atom stereocenters. The number of oxazole rings is 1. The Bertz CT molecular complexity index is 983. The molecule has 3 rings (SSSR count). The van der Waals surface area contributed by atoms with Gasteiger partial charge in [-0.1, -0.05) is 23.2 Å². The summed E-state index contributed by atoms with van der Waals surface area (Å²) >= 11 is 12.0. The normalized spacial score (nSPS) is 11.8. The van der Waals surface area contributed by atoms with Crippen molar-refractivity contribution in [3.63, 3.8) is 0 Å². The number of carbonyl (C=O) groups excluding carboxylic acids is 1. The molecule has 1 N–H and O–H groups in total. The van der Waals surface area contributed by atoms with Gasteiger partial charge in [-0.05, 0) is 42.8 Å². The number of rotatable bonds is 2. The maximum Gasteiger partial charge on any atom is 0.471 e. The Kier molecular flexibility index (Phi) is 4.38. The molecular weight excluding hydrogens is 380 g/mol. The standard InChI is InChI=1S/C16H9Cl2F3N2O2/c1-7-4-9(22-15(24)16(19,20)21)6-12-13(7)25-14(23-12)10-5-8(17)2-3-11(10)18/h2-6H,1H3,(H,22,24). The van der Waals surface area contributed by atoms with Gasteiger partial charge in [-0.15, -0.1) is 0 Å². The molecule has 0 fully saturated rings. The highest BCUT2D eigenvalue weighted by molar-refractivity contribution is 6.35. The molecule has 0 aliphatic heterocycles. The Labute approximate surface area is 149 Å². The third kappa shape index (κ3) is 3.57. The summed E-state index contributed by atoms with van der Waals surface area (Å²) < 4.78 is 42.8. The van der Waals surface area contributed by atoms with Gasteiger partial charge in [0.15, 0.2) is 5.58 Å². The van der Waals surface area contributed by atoms with Crippen LogP contribution in [0, 0.1) is 6.92 Å². The van der Waals surface area contributed by atoms with Gasteiger partial charge >= 0.3 is 12.1 Å². The number of carbonyl (C=O) groups is 1. The molecular formula is C16H9Cl2F3N2O2. The number of anilines is 1. The molecule has 9 heteroatoms. The Morgan fingerprint density at radius 1 is 1.20 bits per heavy atom. The lowest BCUT2D eigenvalue weighted by molar-refractivity contribution is -0.167. The lowest BCUT2D eigenvalue weighted by Gasteiger charge is -2.08. The summed E-state index contributed by atoms with van der Waals surface area (Å²) in [6, 6.07) is 7.40. The van der Waals surface area contributed by atoms with Crippen LogP contribution in [-0.4, -0.2) is 17.1 Å². The lowest BCUT2D eigenvalue weighted by Crippen LogP contribution is -2.29. The van der Waals surface area contributed by atoms with Crippen molar-refractivity contribution in [2.45, 2.75) is 13.1 Å². The molecule has 3 aromatic rings. The van der Waals surface area contributed by atoms with Crippen molar-refractivity contribution < 1.29 is 22.4 Å². The fourth-order valence-corrected chi connectivity index (χ4v) is 2.62. The third-order valence-corrected chi connectivity index (χ3v) is 3.91. The highest BCUT2D eigenvalue weighted by atomic mass is 35.5. The van der Waals surface area contributed by atoms with Crippen LogP contribution in [-0.2, 0) is 4.79 Å². The second-order valence-electron chi connectivity index (χ2n) is 5.24. The predicted molar refractivity (Wildman–Crippen MR) is 88.9 cm³/mol. The topological polar surface area (TPSA) is 55.1 Å². The molecule has 4 nitrogen and oxygen atoms in total. The molecule has 0 aliphatic carbocycles. The van der Waals surface area contributed by atoms with Gasteiger partial charge in [-0.25, -0.2) is 4.98 Å². The van der Waals surface area contributed by atoms with Crippen LogP contribution in [0.2, 0.25) is 10.0 Å². The van der Waals surface area contributed by atoms with Crippen LogP contribution in [0.25, 0.3) is 22.6 Å². The summed E-state index contributed by atoms with van der Waals surface area (Å²) in [6.45, 7) is 1.63. The van der Waals surface area contributed by atoms with Gasteiger partial charge in [-0.3, -0.25) is 4.79 Å². The van der Waals surface area contributed by atoms with E-state index in [1.54, 1.807) is 30.4 Å². The quantitative estimate of drug-likeness (QED) is 0.620. The minimum atomic E-state index is -4.98. The van der Waals surface area contributed by atoms with Gasteiger partial charge in [0.2, 0.25) is 5.89 Å². The molecule has 0 saturated heterocycles. The summed E-state index contributed by atoms with van der Waals surface area (Å²) in [4.78, 5) is 15.3. The number of nitrogens with one attached hydrogen (secondary N) is 1. The SMILES string of the molecule is Cc1cc(NC(=O)C(F)(F)F)cc2nc(-c3cc(Cl)ccc3Cl)oc12. The number of aromatic nitrogens is 1. The van der Waals surface area contributed by atoms with E-state index in [0.29, 0.717) is 26.8 Å². The van der Waals surface area contributed by atoms with Crippen molar-refractivity contribution in [2.24, 2.45) is 0 Å². The summed E-state index contributed by atoms with van der Waals surface area (Å²) in [6.07, 6.45) is -4.98. The van der Waals surface area contributed by atoms with Crippen molar-refractivity contribution in [3.8, 4) is 11.5 Å². The zero-order chi connectivity index (χ0) is 18.4. The number of amides is 1. The number of aryl methyl sites for hydroxylation is 1. The van der Waals surface area contributed by atoms with Gasteiger partial charge < -0.3 is 9.73 Å². The van der Waals surface area contributed by atoms with E-state index in [-0.39, 0.29) is 17.1 Å². The smallest absolute Gasteiger partial charge is 0.436 e. The molecule has 2 aromatic carbocycles. The molecule has 0 spiro atoms. The van der Waals surface area contributed by atoms with Crippen LogP contribution in [0.1, 0.15) is 5.56 Å². The largest absolute Gasteiger partial charge is 0.471 e. The van der Waals surface area contributed by atoms with Crippen LogP contribution >= 0.6 is 23.2 Å². The average molecular weight is 389 g/mol. The van der Waals surface area contributed by atoms with E-state index in [0.717, 1.165) is 0 Å². The van der Waals surface area contributed by atoms with E-state index in [1.807, 2.05) is 0 Å². The molecule has 0 radical (unpaired) electrons. The second kappa shape index (κ2) is 6.24. The molecule has 1 heterocycles. The maximum atomic E-state index is 12.4. The molecule has 0 atom stereocenters. The van der Waals surface area contributed by atoms with E-state index < -0.39 is 12.1 Å². The van der Waals surface area contributed by atoms with Crippen molar-refractivity contribution in [2.75, 3.05) is 5.32 Å². The predicted octanol–water partition coefficient (Wildman–Crippen LogP) is 5.61. The van der Waals surface area contributed by atoms with Crippen molar-refractivity contribution in [1.82, 2.24) is 4.98 Å². The Hall–Kier alpha value is -2.25. The Morgan fingerprint density at radius 2 is 1.92 bits per heavy atom.